The van der Waals surface area contributed by atoms with Gasteiger partial charge in [-0.25, -0.2) is 0 Å². The lowest BCUT2D eigenvalue weighted by molar-refractivity contribution is 0.639. The van der Waals surface area contributed by atoms with Gasteiger partial charge in [0, 0.05) is 28.6 Å². The van der Waals surface area contributed by atoms with Crippen molar-refractivity contribution in [2.24, 2.45) is 4.36 Å². The van der Waals surface area contributed by atoms with E-state index in [0.717, 1.165) is 48.3 Å². The van der Waals surface area contributed by atoms with Crippen LogP contribution in [0.2, 0.25) is 0 Å². The third-order valence-electron chi connectivity index (χ3n) is 7.21. The normalized spacial score (nSPS) is 14.2. The van der Waals surface area contributed by atoms with Gasteiger partial charge in [0.05, 0.1) is 28.5 Å². The Bertz CT molecular complexity index is 1460. The number of unbranched alkanes of at least 4 members (excludes halogenated alkanes) is 1. The second-order valence-electron chi connectivity index (χ2n) is 9.93. The van der Waals surface area contributed by atoms with E-state index in [1.165, 1.54) is 34.2 Å². The van der Waals surface area contributed by atoms with Gasteiger partial charge >= 0.3 is 0 Å². The summed E-state index contributed by atoms with van der Waals surface area (Å²) in [4.78, 5) is 6.22. The summed E-state index contributed by atoms with van der Waals surface area (Å²) in [5.74, 6) is 7.68. The Morgan fingerprint density at radius 3 is 2.46 bits per heavy atom. The fourth-order valence-corrected chi connectivity index (χ4v) is 6.22. The van der Waals surface area contributed by atoms with Gasteiger partial charge in [-0.15, -0.1) is 0 Å². The molecule has 2 heterocycles. The van der Waals surface area contributed by atoms with E-state index in [9.17, 15) is 0 Å². The SMILES string of the molecule is CCCC#Cc1c(-c2ccc(S(C)=NC(CC)CC)cn2)n(-c2ccccc2)c2cc(C3CC3)ccc12. The molecule has 3 nitrogen and oxygen atoms in total. The fraction of sp³-hybridized carbons (Fsp3) is 0.364. The molecule has 4 heteroatoms. The number of rotatable bonds is 8. The Balaban J connectivity index is 1.71. The van der Waals surface area contributed by atoms with Gasteiger partial charge in [-0.2, -0.15) is 0 Å². The molecule has 1 unspecified atom stereocenters. The molecule has 0 saturated heterocycles. The lowest BCUT2D eigenvalue weighted by atomic mass is 10.0. The van der Waals surface area contributed by atoms with Crippen molar-refractivity contribution in [3.05, 3.63) is 78.0 Å². The first-order valence-electron chi connectivity index (χ1n) is 13.7. The predicted octanol–water partition coefficient (Wildman–Crippen LogP) is 8.70. The topological polar surface area (TPSA) is 30.2 Å². The van der Waals surface area contributed by atoms with E-state index in [1.807, 2.05) is 6.20 Å². The molecule has 1 atom stereocenters. The van der Waals surface area contributed by atoms with Crippen molar-refractivity contribution in [1.82, 2.24) is 9.55 Å². The fourth-order valence-electron chi connectivity index (χ4n) is 4.88. The third-order valence-corrected chi connectivity index (χ3v) is 8.75. The molecule has 5 rings (SSSR count). The highest BCUT2D eigenvalue weighted by atomic mass is 32.2. The number of fused-ring (bicyclic) bond motifs is 1. The van der Waals surface area contributed by atoms with E-state index in [2.05, 4.69) is 104 Å². The van der Waals surface area contributed by atoms with Gasteiger partial charge in [0.25, 0.3) is 0 Å². The van der Waals surface area contributed by atoms with Crippen LogP contribution in [0, 0.1) is 11.8 Å². The van der Waals surface area contributed by atoms with Gasteiger partial charge in [-0.05, 0) is 80.2 Å². The third kappa shape index (κ3) is 5.43. The molecule has 4 aromatic rings. The van der Waals surface area contributed by atoms with Crippen LogP contribution in [0.5, 0.6) is 0 Å². The summed E-state index contributed by atoms with van der Waals surface area (Å²) < 4.78 is 7.42. The minimum absolute atomic E-state index is 0.169. The van der Waals surface area contributed by atoms with Crippen molar-refractivity contribution in [2.75, 3.05) is 6.26 Å². The number of benzene rings is 2. The zero-order chi connectivity index (χ0) is 25.8. The van der Waals surface area contributed by atoms with Crippen LogP contribution in [0.15, 0.2) is 76.1 Å². The molecule has 1 saturated carbocycles. The number of pyridine rings is 1. The van der Waals surface area contributed by atoms with Gasteiger partial charge in [0.2, 0.25) is 0 Å². The highest BCUT2D eigenvalue weighted by molar-refractivity contribution is 7.86. The molecule has 1 aliphatic rings. The van der Waals surface area contributed by atoms with Crippen LogP contribution in [-0.2, 0) is 10.7 Å². The number of para-hydroxylation sites is 1. The van der Waals surface area contributed by atoms with Crippen molar-refractivity contribution in [3.8, 4) is 28.9 Å². The first-order valence-corrected chi connectivity index (χ1v) is 15.3. The molecule has 190 valence electrons. The minimum Gasteiger partial charge on any atom is -0.307 e. The number of hydrogen-bond donors (Lipinski definition) is 0. The van der Waals surface area contributed by atoms with Crippen molar-refractivity contribution in [2.45, 2.75) is 76.2 Å². The monoisotopic (exact) mass is 507 g/mol. The minimum atomic E-state index is -0.169. The molecule has 0 bridgehead atoms. The largest absolute Gasteiger partial charge is 0.307 e. The van der Waals surface area contributed by atoms with E-state index >= 15 is 0 Å². The van der Waals surface area contributed by atoms with Gasteiger partial charge in [-0.3, -0.25) is 9.35 Å². The molecular weight excluding hydrogens is 470 g/mol. The maximum Gasteiger partial charge on any atom is 0.0884 e. The number of aromatic nitrogens is 2. The van der Waals surface area contributed by atoms with Gasteiger partial charge in [-0.1, -0.05) is 73.6 Å². The Labute approximate surface area is 224 Å². The molecule has 0 amide bonds. The highest BCUT2D eigenvalue weighted by Gasteiger charge is 2.26. The summed E-state index contributed by atoms with van der Waals surface area (Å²) in [6, 6.07) is 22.4. The van der Waals surface area contributed by atoms with Crippen molar-refractivity contribution < 1.29 is 0 Å². The molecule has 2 aromatic carbocycles. The molecule has 2 aromatic heterocycles. The molecular formula is C33H37N3S. The zero-order valence-electron chi connectivity index (χ0n) is 22.5. The van der Waals surface area contributed by atoms with Crippen LogP contribution < -0.4 is 0 Å². The summed E-state index contributed by atoms with van der Waals surface area (Å²) >= 11 is 0. The average Bonchev–Trinajstić information content (AvgIpc) is 3.75. The molecule has 0 spiro atoms. The van der Waals surface area contributed by atoms with Crippen molar-refractivity contribution in [3.63, 3.8) is 0 Å². The molecule has 1 fully saturated rings. The van der Waals surface area contributed by atoms with E-state index in [4.69, 9.17) is 9.35 Å². The average molecular weight is 508 g/mol. The summed E-state index contributed by atoms with van der Waals surface area (Å²) in [5.41, 5.74) is 6.91. The van der Waals surface area contributed by atoms with Crippen LogP contribution in [0.25, 0.3) is 28.0 Å². The van der Waals surface area contributed by atoms with Crippen molar-refractivity contribution >= 4 is 21.6 Å². The standard InChI is InChI=1S/C33H37N3S/c1-5-8-10-15-30-29-20-18-25(24-16-17-24)22-32(29)36(27-13-11-9-12-14-27)33(30)31-21-19-28(23-34-31)37(4)35-26(6-2)7-3/h9,11-14,18-24,26H,5-8,16-17H2,1-4H3. The van der Waals surface area contributed by atoms with Crippen LogP contribution >= 0.6 is 0 Å². The highest BCUT2D eigenvalue weighted by Crippen LogP contribution is 2.43. The van der Waals surface area contributed by atoms with E-state index in [-0.39, 0.29) is 10.7 Å². The van der Waals surface area contributed by atoms with E-state index < -0.39 is 0 Å². The Morgan fingerprint density at radius 2 is 1.81 bits per heavy atom. The van der Waals surface area contributed by atoms with Gasteiger partial charge in [0.15, 0.2) is 0 Å². The van der Waals surface area contributed by atoms with Crippen LogP contribution in [0.1, 0.15) is 76.3 Å². The molecule has 0 radical (unpaired) electrons. The number of hydrogen-bond acceptors (Lipinski definition) is 2. The molecule has 37 heavy (non-hydrogen) atoms. The first kappa shape index (κ1) is 25.5. The van der Waals surface area contributed by atoms with E-state index in [0.29, 0.717) is 12.0 Å². The zero-order valence-corrected chi connectivity index (χ0v) is 23.3. The molecule has 0 N–H and O–H groups in total. The molecule has 0 aliphatic heterocycles. The second kappa shape index (κ2) is 11.5. The van der Waals surface area contributed by atoms with Gasteiger partial charge < -0.3 is 4.57 Å². The van der Waals surface area contributed by atoms with Crippen LogP contribution in [0.4, 0.5) is 0 Å². The number of nitrogens with zero attached hydrogens (tertiary/aromatic N) is 3. The summed E-state index contributed by atoms with van der Waals surface area (Å²) in [6.07, 6.45) is 10.9. The lowest BCUT2D eigenvalue weighted by Gasteiger charge is -2.13. The maximum atomic E-state index is 5.05. The Morgan fingerprint density at radius 1 is 1.03 bits per heavy atom. The summed E-state index contributed by atoms with van der Waals surface area (Å²) in [6.45, 7) is 6.61. The lowest BCUT2D eigenvalue weighted by Crippen LogP contribution is -2.03. The quantitative estimate of drug-likeness (QED) is 0.219. The smallest absolute Gasteiger partial charge is 0.0884 e. The van der Waals surface area contributed by atoms with E-state index in [1.54, 1.807) is 0 Å². The van der Waals surface area contributed by atoms with Crippen molar-refractivity contribution in [1.29, 1.82) is 0 Å². The Kier molecular flexibility index (Phi) is 7.91. The van der Waals surface area contributed by atoms with Crippen LogP contribution in [-0.4, -0.2) is 21.8 Å². The second-order valence-corrected chi connectivity index (χ2v) is 11.6. The van der Waals surface area contributed by atoms with Gasteiger partial charge in [0.1, 0.15) is 0 Å². The summed E-state index contributed by atoms with van der Waals surface area (Å²) in [5, 5.41) is 1.21. The predicted molar refractivity (Wildman–Crippen MR) is 159 cm³/mol. The molecule has 1 aliphatic carbocycles. The maximum absolute atomic E-state index is 5.05. The van der Waals surface area contributed by atoms with Crippen LogP contribution in [0.3, 0.4) is 0 Å². The Hall–Kier alpha value is -3.16. The summed E-state index contributed by atoms with van der Waals surface area (Å²) in [7, 11) is -0.169. The first-order chi connectivity index (χ1) is 18.1.